The third kappa shape index (κ3) is 5.14. The number of pyridine rings is 1. The quantitative estimate of drug-likeness (QED) is 0.176. The third-order valence-electron chi connectivity index (χ3n) is 6.89. The van der Waals surface area contributed by atoms with Crippen LogP contribution in [0, 0.1) is 5.21 Å². The van der Waals surface area contributed by atoms with Crippen LogP contribution in [0.15, 0.2) is 42.7 Å². The van der Waals surface area contributed by atoms with E-state index in [9.17, 15) is 37.5 Å². The second-order valence-corrected chi connectivity index (χ2v) is 11.1. The molecule has 0 spiro atoms. The lowest BCUT2D eigenvalue weighted by atomic mass is 9.92. The first-order valence-electron chi connectivity index (χ1n) is 11.9. The molecule has 39 heavy (non-hydrogen) atoms. The van der Waals surface area contributed by atoms with Gasteiger partial charge in [-0.2, -0.15) is 18.2 Å². The number of fused-ring (bicyclic) bond motifs is 1. The number of nitrogens with one attached hydrogen (secondary N) is 2. The van der Waals surface area contributed by atoms with E-state index in [0.717, 1.165) is 6.20 Å². The maximum absolute atomic E-state index is 13.8. The van der Waals surface area contributed by atoms with Crippen molar-refractivity contribution in [3.63, 3.8) is 0 Å². The molecule has 0 fully saturated rings. The number of benzene rings is 1. The first-order valence-corrected chi connectivity index (χ1v) is 13.5. The Labute approximate surface area is 221 Å². The Morgan fingerprint density at radius 1 is 1.13 bits per heavy atom. The molecule has 1 aliphatic rings. The maximum Gasteiger partial charge on any atom is 0.423 e. The zero-order valence-electron chi connectivity index (χ0n) is 21.2. The van der Waals surface area contributed by atoms with E-state index in [1.54, 1.807) is 13.8 Å². The molecule has 208 valence electrons. The number of anilines is 4. The zero-order valence-corrected chi connectivity index (χ0v) is 22.0. The van der Waals surface area contributed by atoms with E-state index in [2.05, 4.69) is 20.6 Å². The van der Waals surface area contributed by atoms with Crippen LogP contribution in [0.2, 0.25) is 0 Å². The molecule has 1 aromatic carbocycles. The summed E-state index contributed by atoms with van der Waals surface area (Å²) < 4.78 is 53.8. The van der Waals surface area contributed by atoms with Crippen molar-refractivity contribution in [2.75, 3.05) is 17.7 Å². The molecule has 0 saturated heterocycles. The van der Waals surface area contributed by atoms with Crippen LogP contribution in [-0.4, -0.2) is 37.6 Å². The number of nitrogens with zero attached hydrogens (tertiary/aromatic N) is 4. The molecule has 0 unspecified atom stereocenters. The molecule has 1 amide bonds. The van der Waals surface area contributed by atoms with Crippen LogP contribution in [0.3, 0.4) is 0 Å². The number of alkyl halides is 3. The minimum Gasteiger partial charge on any atom is -0.711 e. The van der Waals surface area contributed by atoms with E-state index in [1.807, 2.05) is 0 Å². The van der Waals surface area contributed by atoms with Crippen LogP contribution in [-0.2, 0) is 22.4 Å². The highest BCUT2D eigenvalue weighted by Crippen LogP contribution is 2.60. The number of amides is 1. The van der Waals surface area contributed by atoms with Gasteiger partial charge < -0.3 is 25.2 Å². The molecule has 0 aliphatic carbocycles. The summed E-state index contributed by atoms with van der Waals surface area (Å²) in [6.07, 6.45) is -2.85. The van der Waals surface area contributed by atoms with Gasteiger partial charge in [0.25, 0.3) is 11.7 Å². The molecular weight excluding hydrogens is 540 g/mol. The topological polar surface area (TPSA) is 155 Å². The normalized spacial score (nSPS) is 13.9. The van der Waals surface area contributed by atoms with Crippen molar-refractivity contribution in [1.82, 2.24) is 14.9 Å². The van der Waals surface area contributed by atoms with Crippen molar-refractivity contribution in [3.05, 3.63) is 70.2 Å². The van der Waals surface area contributed by atoms with Crippen LogP contribution in [0.5, 0.6) is 0 Å². The Morgan fingerprint density at radius 3 is 2.33 bits per heavy atom. The lowest BCUT2D eigenvalue weighted by molar-refractivity contribution is -0.590. The Kier molecular flexibility index (Phi) is 7.32. The summed E-state index contributed by atoms with van der Waals surface area (Å²) in [5, 5.41) is 16.3. The zero-order chi connectivity index (χ0) is 28.8. The highest BCUT2D eigenvalue weighted by atomic mass is 31.2. The Bertz CT molecular complexity index is 1460. The minimum absolute atomic E-state index is 0.0489. The largest absolute Gasteiger partial charge is 0.711 e. The monoisotopic (exact) mass is 566 g/mol. The Morgan fingerprint density at radius 2 is 1.77 bits per heavy atom. The van der Waals surface area contributed by atoms with Crippen molar-refractivity contribution in [2.45, 2.75) is 44.6 Å². The molecule has 1 aliphatic heterocycles. The van der Waals surface area contributed by atoms with Crippen molar-refractivity contribution in [3.8, 4) is 0 Å². The van der Waals surface area contributed by atoms with Gasteiger partial charge in [-0.1, -0.05) is 26.0 Å². The molecule has 2 aromatic heterocycles. The molecule has 0 atom stereocenters. The van der Waals surface area contributed by atoms with Crippen LogP contribution >= 0.6 is 7.60 Å². The summed E-state index contributed by atoms with van der Waals surface area (Å²) in [6, 6.07) is 7.47. The van der Waals surface area contributed by atoms with Gasteiger partial charge in [0.15, 0.2) is 0 Å². The molecule has 0 bridgehead atoms. The lowest BCUT2D eigenvalue weighted by Gasteiger charge is -2.33. The standard InChI is InChI=1S/C24H26F3N6O5P/c1-4-23(5-2,39(36,37)38)15-6-8-16(9-7-15)29-22-28-12-17(24(25,26)27)19(31-22)30-20-18-14(10-11-33(20)35)13-32(3)21(18)34/h6-12H,4-5,13H2,1-3H3,(H2,36,37,38)(H2,28,29,30,31). The molecule has 3 aromatic rings. The van der Waals surface area contributed by atoms with Gasteiger partial charge in [0.2, 0.25) is 11.8 Å². The summed E-state index contributed by atoms with van der Waals surface area (Å²) in [7, 11) is -3.00. The Hall–Kier alpha value is -3.74. The predicted molar refractivity (Wildman–Crippen MR) is 136 cm³/mol. The molecule has 0 saturated carbocycles. The first kappa shape index (κ1) is 28.3. The lowest BCUT2D eigenvalue weighted by Crippen LogP contribution is -2.32. The van der Waals surface area contributed by atoms with Crippen molar-refractivity contribution < 1.29 is 37.0 Å². The first-order chi connectivity index (χ1) is 18.2. The molecule has 0 radical (unpaired) electrons. The van der Waals surface area contributed by atoms with Gasteiger partial charge in [-0.3, -0.25) is 9.36 Å². The molecular formula is C24H26F3N6O5P. The van der Waals surface area contributed by atoms with Gasteiger partial charge in [0, 0.05) is 25.5 Å². The van der Waals surface area contributed by atoms with E-state index in [0.29, 0.717) is 23.0 Å². The maximum atomic E-state index is 13.8. The fourth-order valence-electron chi connectivity index (χ4n) is 4.67. The van der Waals surface area contributed by atoms with Crippen molar-refractivity contribution in [2.24, 2.45) is 0 Å². The number of carbonyl (C=O) groups excluding carboxylic acids is 1. The number of aromatic nitrogens is 3. The SMILES string of the molecule is CCC(CC)(c1ccc(Nc2ncc(C(F)(F)F)c(Nc3c4c(cc[n+]3[O-])CN(C)C4=O)n2)cc1)P(=O)(O)O. The molecule has 15 heteroatoms. The van der Waals surface area contributed by atoms with E-state index < -0.39 is 42.0 Å². The molecule has 11 nitrogen and oxygen atoms in total. The number of rotatable bonds is 8. The van der Waals surface area contributed by atoms with E-state index in [-0.39, 0.29) is 35.6 Å². The average molecular weight is 566 g/mol. The van der Waals surface area contributed by atoms with Gasteiger partial charge in [-0.25, -0.2) is 15.0 Å². The van der Waals surface area contributed by atoms with Crippen LogP contribution in [0.1, 0.15) is 53.7 Å². The van der Waals surface area contributed by atoms with Crippen molar-refractivity contribution >= 4 is 36.8 Å². The van der Waals surface area contributed by atoms with Crippen molar-refractivity contribution in [1.29, 1.82) is 0 Å². The summed E-state index contributed by atoms with van der Waals surface area (Å²) in [5.41, 5.74) is -0.0738. The Balaban J connectivity index is 1.69. The van der Waals surface area contributed by atoms with E-state index in [1.165, 1.54) is 42.3 Å². The fourth-order valence-corrected chi connectivity index (χ4v) is 5.98. The minimum atomic E-state index is -4.87. The summed E-state index contributed by atoms with van der Waals surface area (Å²) in [6.45, 7) is 3.55. The number of carbonyl (C=O) groups is 1. The van der Waals surface area contributed by atoms with E-state index in [4.69, 9.17) is 0 Å². The summed E-state index contributed by atoms with van der Waals surface area (Å²) >= 11 is 0. The number of hydrogen-bond donors (Lipinski definition) is 4. The summed E-state index contributed by atoms with van der Waals surface area (Å²) in [5.74, 6) is -1.91. The average Bonchev–Trinajstić information content (AvgIpc) is 3.15. The second-order valence-electron chi connectivity index (χ2n) is 9.12. The third-order valence-corrected chi connectivity index (χ3v) is 8.90. The van der Waals surface area contributed by atoms with Gasteiger partial charge in [0.1, 0.15) is 11.1 Å². The van der Waals surface area contributed by atoms with Crippen LogP contribution in [0.4, 0.5) is 36.4 Å². The van der Waals surface area contributed by atoms with Gasteiger partial charge >= 0.3 is 13.8 Å². The van der Waals surface area contributed by atoms with Gasteiger partial charge in [-0.05, 0) is 42.2 Å². The molecule has 4 N–H and O–H groups in total. The predicted octanol–water partition coefficient (Wildman–Crippen LogP) is 4.39. The fraction of sp³-hybridized carbons (Fsp3) is 0.333. The highest BCUT2D eigenvalue weighted by molar-refractivity contribution is 7.53. The van der Waals surface area contributed by atoms with Gasteiger partial charge in [-0.15, -0.1) is 0 Å². The highest BCUT2D eigenvalue weighted by Gasteiger charge is 2.45. The number of halogens is 3. The van der Waals surface area contributed by atoms with Crippen LogP contribution in [0.25, 0.3) is 0 Å². The second kappa shape index (κ2) is 10.1. The molecule has 4 rings (SSSR count). The van der Waals surface area contributed by atoms with Crippen LogP contribution < -0.4 is 15.4 Å². The molecule has 3 heterocycles. The van der Waals surface area contributed by atoms with E-state index >= 15 is 0 Å². The number of hydrogen-bond acceptors (Lipinski definition) is 7. The van der Waals surface area contributed by atoms with Gasteiger partial charge in [0.05, 0.1) is 11.4 Å². The summed E-state index contributed by atoms with van der Waals surface area (Å²) in [4.78, 5) is 41.5. The smallest absolute Gasteiger partial charge is 0.423 e.